The number of hydrogen-bond acceptors (Lipinski definition) is 6. The van der Waals surface area contributed by atoms with Crippen LogP contribution in [0.5, 0.6) is 5.75 Å². The molecular formula is C16H17N3O3S. The lowest BCUT2D eigenvalue weighted by atomic mass is 9.74. The molecule has 1 saturated heterocycles. The molecule has 0 bridgehead atoms. The van der Waals surface area contributed by atoms with E-state index in [0.717, 1.165) is 25.1 Å². The van der Waals surface area contributed by atoms with Gasteiger partial charge in [0.2, 0.25) is 9.84 Å². The molecule has 0 spiro atoms. The van der Waals surface area contributed by atoms with Crippen molar-refractivity contribution in [3.8, 4) is 5.75 Å². The van der Waals surface area contributed by atoms with E-state index in [2.05, 4.69) is 22.2 Å². The average Bonchev–Trinajstić information content (AvgIpc) is 2.87. The number of piperidine rings is 1. The second kappa shape index (κ2) is 5.01. The number of hydrogen-bond donors (Lipinski definition) is 1. The van der Waals surface area contributed by atoms with E-state index in [1.165, 1.54) is 12.4 Å². The smallest absolute Gasteiger partial charge is 0.251 e. The number of sulfone groups is 1. The number of aromatic nitrogens is 2. The molecule has 120 valence electrons. The molecule has 2 unspecified atom stereocenters. The highest BCUT2D eigenvalue weighted by Crippen LogP contribution is 2.47. The highest BCUT2D eigenvalue weighted by atomic mass is 32.2. The molecule has 1 fully saturated rings. The molecule has 2 aliphatic heterocycles. The van der Waals surface area contributed by atoms with Gasteiger partial charge in [0.15, 0.2) is 0 Å². The first-order valence-electron chi connectivity index (χ1n) is 7.56. The molecule has 2 aromatic rings. The minimum atomic E-state index is -3.73. The maximum Gasteiger partial charge on any atom is 0.251 e. The standard InChI is InChI=1S/C16H17N3O3S/c1-16-5-8-17-10-14(16)22-13-9-11(3-4-12(13)16)23(20,21)15-18-6-2-7-19-15/h2-4,6-7,9,14,17H,5,8,10H2,1H3. The highest BCUT2D eigenvalue weighted by Gasteiger charge is 2.46. The first kappa shape index (κ1) is 14.6. The van der Waals surface area contributed by atoms with Gasteiger partial charge in [0.05, 0.1) is 4.90 Å². The van der Waals surface area contributed by atoms with Crippen LogP contribution in [-0.4, -0.2) is 37.6 Å². The van der Waals surface area contributed by atoms with Crippen LogP contribution in [0.4, 0.5) is 0 Å². The molecule has 4 rings (SSSR count). The molecule has 7 heteroatoms. The largest absolute Gasteiger partial charge is 0.488 e. The van der Waals surface area contributed by atoms with Crippen molar-refractivity contribution in [2.45, 2.75) is 34.9 Å². The van der Waals surface area contributed by atoms with Crippen LogP contribution in [0.3, 0.4) is 0 Å². The van der Waals surface area contributed by atoms with Crippen molar-refractivity contribution in [1.82, 2.24) is 15.3 Å². The third-order valence-electron chi connectivity index (χ3n) is 4.79. The van der Waals surface area contributed by atoms with Crippen LogP contribution in [0.2, 0.25) is 0 Å². The van der Waals surface area contributed by atoms with E-state index < -0.39 is 9.84 Å². The van der Waals surface area contributed by atoms with Crippen molar-refractivity contribution in [3.63, 3.8) is 0 Å². The number of fused-ring (bicyclic) bond motifs is 3. The summed E-state index contributed by atoms with van der Waals surface area (Å²) in [6, 6.07) is 6.69. The average molecular weight is 331 g/mol. The summed E-state index contributed by atoms with van der Waals surface area (Å²) in [6.45, 7) is 3.89. The zero-order valence-corrected chi connectivity index (χ0v) is 13.5. The summed E-state index contributed by atoms with van der Waals surface area (Å²) in [4.78, 5) is 7.88. The monoisotopic (exact) mass is 331 g/mol. The lowest BCUT2D eigenvalue weighted by Crippen LogP contribution is -2.49. The quantitative estimate of drug-likeness (QED) is 0.836. The first-order chi connectivity index (χ1) is 11.0. The Morgan fingerprint density at radius 3 is 2.87 bits per heavy atom. The van der Waals surface area contributed by atoms with Crippen molar-refractivity contribution >= 4 is 9.84 Å². The molecule has 0 saturated carbocycles. The normalized spacial score (nSPS) is 26.2. The van der Waals surface area contributed by atoms with Gasteiger partial charge in [0.1, 0.15) is 11.9 Å². The predicted octanol–water partition coefficient (Wildman–Crippen LogP) is 1.32. The number of benzene rings is 1. The second-order valence-corrected chi connectivity index (χ2v) is 8.01. The van der Waals surface area contributed by atoms with Crippen LogP contribution in [0, 0.1) is 0 Å². The Hall–Kier alpha value is -1.99. The van der Waals surface area contributed by atoms with Gasteiger partial charge in [-0.3, -0.25) is 0 Å². The third-order valence-corrected chi connectivity index (χ3v) is 6.36. The van der Waals surface area contributed by atoms with E-state index in [1.54, 1.807) is 18.2 Å². The molecule has 1 N–H and O–H groups in total. The Bertz CT molecular complexity index is 854. The van der Waals surface area contributed by atoms with Gasteiger partial charge in [-0.05, 0) is 31.2 Å². The van der Waals surface area contributed by atoms with Gasteiger partial charge in [-0.25, -0.2) is 18.4 Å². The molecule has 0 amide bonds. The van der Waals surface area contributed by atoms with E-state index in [1.807, 2.05) is 6.07 Å². The molecule has 3 heterocycles. The summed E-state index contributed by atoms with van der Waals surface area (Å²) in [5.41, 5.74) is 1.02. The third kappa shape index (κ3) is 2.14. The molecule has 23 heavy (non-hydrogen) atoms. The van der Waals surface area contributed by atoms with Crippen LogP contribution < -0.4 is 10.1 Å². The summed E-state index contributed by atoms with van der Waals surface area (Å²) in [6.07, 6.45) is 3.85. The van der Waals surface area contributed by atoms with Crippen LogP contribution in [0.1, 0.15) is 18.9 Å². The fourth-order valence-electron chi connectivity index (χ4n) is 3.37. The van der Waals surface area contributed by atoms with Crippen LogP contribution in [-0.2, 0) is 15.3 Å². The molecular weight excluding hydrogens is 314 g/mol. The Morgan fingerprint density at radius 1 is 1.30 bits per heavy atom. The number of nitrogens with zero attached hydrogens (tertiary/aromatic N) is 2. The highest BCUT2D eigenvalue weighted by molar-refractivity contribution is 7.91. The number of ether oxygens (including phenoxy) is 1. The number of rotatable bonds is 2. The van der Waals surface area contributed by atoms with Gasteiger partial charge in [-0.1, -0.05) is 13.0 Å². The fraction of sp³-hybridized carbons (Fsp3) is 0.375. The summed E-state index contributed by atoms with van der Waals surface area (Å²) in [5, 5.41) is 3.13. The van der Waals surface area contributed by atoms with E-state index in [0.29, 0.717) is 5.75 Å². The topological polar surface area (TPSA) is 81.2 Å². The van der Waals surface area contributed by atoms with Crippen molar-refractivity contribution < 1.29 is 13.2 Å². The fourth-order valence-corrected chi connectivity index (χ4v) is 4.49. The van der Waals surface area contributed by atoms with Gasteiger partial charge in [-0.2, -0.15) is 0 Å². The van der Waals surface area contributed by atoms with Crippen LogP contribution in [0.25, 0.3) is 0 Å². The summed E-state index contributed by atoms with van der Waals surface area (Å²) in [5.74, 6) is 0.651. The summed E-state index contributed by atoms with van der Waals surface area (Å²) < 4.78 is 31.3. The van der Waals surface area contributed by atoms with Crippen molar-refractivity contribution in [3.05, 3.63) is 42.2 Å². The lowest BCUT2D eigenvalue weighted by molar-refractivity contribution is 0.123. The first-order valence-corrected chi connectivity index (χ1v) is 9.04. The van der Waals surface area contributed by atoms with E-state index in [4.69, 9.17) is 4.74 Å². The van der Waals surface area contributed by atoms with E-state index >= 15 is 0 Å². The maximum atomic E-state index is 12.6. The zero-order chi connectivity index (χ0) is 16.1. The molecule has 2 atom stereocenters. The Morgan fingerprint density at radius 2 is 2.09 bits per heavy atom. The Balaban J connectivity index is 1.78. The zero-order valence-electron chi connectivity index (χ0n) is 12.7. The van der Waals surface area contributed by atoms with Crippen molar-refractivity contribution in [2.24, 2.45) is 0 Å². The minimum Gasteiger partial charge on any atom is -0.488 e. The molecule has 1 aromatic heterocycles. The van der Waals surface area contributed by atoms with Gasteiger partial charge >= 0.3 is 0 Å². The van der Waals surface area contributed by atoms with E-state index in [-0.39, 0.29) is 21.6 Å². The second-order valence-electron chi connectivity index (χ2n) is 6.17. The lowest BCUT2D eigenvalue weighted by Gasteiger charge is -2.35. The Labute approximate surface area is 134 Å². The van der Waals surface area contributed by atoms with E-state index in [9.17, 15) is 8.42 Å². The molecule has 0 aliphatic carbocycles. The minimum absolute atomic E-state index is 0.0391. The molecule has 6 nitrogen and oxygen atoms in total. The van der Waals surface area contributed by atoms with Gasteiger partial charge in [0, 0.05) is 29.9 Å². The SMILES string of the molecule is CC12CCNCC1Oc1cc(S(=O)(=O)c3ncccn3)ccc12. The summed E-state index contributed by atoms with van der Waals surface area (Å²) in [7, 11) is -3.73. The van der Waals surface area contributed by atoms with Gasteiger partial charge < -0.3 is 10.1 Å². The van der Waals surface area contributed by atoms with Crippen molar-refractivity contribution in [1.29, 1.82) is 0 Å². The molecule has 1 aromatic carbocycles. The van der Waals surface area contributed by atoms with Gasteiger partial charge in [0.25, 0.3) is 5.16 Å². The molecule has 2 aliphatic rings. The van der Waals surface area contributed by atoms with Gasteiger partial charge in [-0.15, -0.1) is 0 Å². The van der Waals surface area contributed by atoms with Crippen LogP contribution in [0.15, 0.2) is 46.7 Å². The maximum absolute atomic E-state index is 12.6. The van der Waals surface area contributed by atoms with Crippen molar-refractivity contribution in [2.75, 3.05) is 13.1 Å². The Kier molecular flexibility index (Phi) is 3.18. The predicted molar refractivity (Wildman–Crippen MR) is 83.2 cm³/mol. The number of nitrogens with one attached hydrogen (secondary N) is 1. The molecule has 0 radical (unpaired) electrons. The summed E-state index contributed by atoms with van der Waals surface area (Å²) >= 11 is 0. The van der Waals surface area contributed by atoms with Crippen LogP contribution >= 0.6 is 0 Å².